The zero-order valence-electron chi connectivity index (χ0n) is 11.3. The summed E-state index contributed by atoms with van der Waals surface area (Å²) in [7, 11) is 0. The monoisotopic (exact) mass is 315 g/mol. The van der Waals surface area contributed by atoms with Gasteiger partial charge in [-0.05, 0) is 29.9 Å². The number of amides is 1. The third kappa shape index (κ3) is 6.30. The van der Waals surface area contributed by atoms with Crippen LogP contribution in [0.3, 0.4) is 0 Å². The molecule has 0 fully saturated rings. The number of benzene rings is 1. The molecule has 0 heterocycles. The van der Waals surface area contributed by atoms with E-state index in [0.29, 0.717) is 10.8 Å². The average Bonchev–Trinajstić information content (AvgIpc) is 2.40. The topological polar surface area (TPSA) is 57.6 Å². The molecule has 0 saturated carbocycles. The van der Waals surface area contributed by atoms with Gasteiger partial charge in [0.1, 0.15) is 6.54 Å². The van der Waals surface area contributed by atoms with E-state index in [0.717, 1.165) is 17.7 Å². The fourth-order valence-electron chi connectivity index (χ4n) is 1.60. The van der Waals surface area contributed by atoms with Gasteiger partial charge in [-0.3, -0.25) is 9.59 Å². The normalized spacial score (nSPS) is 10.3. The van der Waals surface area contributed by atoms with Gasteiger partial charge in [0.25, 0.3) is 0 Å². The van der Waals surface area contributed by atoms with Gasteiger partial charge >= 0.3 is 5.97 Å². The van der Waals surface area contributed by atoms with E-state index in [9.17, 15) is 9.59 Å². The van der Waals surface area contributed by atoms with E-state index in [1.165, 1.54) is 16.7 Å². The van der Waals surface area contributed by atoms with Gasteiger partial charge in [-0.25, -0.2) is 0 Å². The summed E-state index contributed by atoms with van der Waals surface area (Å²) in [4.78, 5) is 24.3. The highest BCUT2D eigenvalue weighted by Gasteiger charge is 2.16. The van der Waals surface area contributed by atoms with Gasteiger partial charge in [-0.15, -0.1) is 0 Å². The molecular weight excluding hydrogens is 298 g/mol. The van der Waals surface area contributed by atoms with Crippen LogP contribution in [0.1, 0.15) is 18.9 Å². The smallest absolute Gasteiger partial charge is 0.323 e. The zero-order chi connectivity index (χ0) is 15.0. The van der Waals surface area contributed by atoms with Gasteiger partial charge in [0.05, 0.1) is 5.75 Å². The molecule has 1 aromatic carbocycles. The summed E-state index contributed by atoms with van der Waals surface area (Å²) in [6.45, 7) is 2.04. The first-order valence-corrected chi connectivity index (χ1v) is 7.88. The van der Waals surface area contributed by atoms with Crippen LogP contribution >= 0.6 is 23.4 Å². The van der Waals surface area contributed by atoms with E-state index in [4.69, 9.17) is 16.7 Å². The molecular formula is C14H18ClNO3S. The average molecular weight is 316 g/mol. The van der Waals surface area contributed by atoms with Gasteiger partial charge in [0.15, 0.2) is 0 Å². The number of aliphatic carboxylic acids is 1. The van der Waals surface area contributed by atoms with E-state index in [2.05, 4.69) is 0 Å². The lowest BCUT2D eigenvalue weighted by atomic mass is 10.2. The molecule has 20 heavy (non-hydrogen) atoms. The van der Waals surface area contributed by atoms with Gasteiger partial charge in [-0.2, -0.15) is 11.8 Å². The fourth-order valence-corrected chi connectivity index (χ4v) is 2.52. The highest BCUT2D eigenvalue weighted by atomic mass is 35.5. The standard InChI is InChI=1S/C14H18ClNO3S/c1-2-7-20-10-13(17)16(9-14(18)19)8-11-3-5-12(15)6-4-11/h3-6H,2,7-10H2,1H3,(H,18,19). The maximum atomic E-state index is 12.0. The highest BCUT2D eigenvalue weighted by Crippen LogP contribution is 2.13. The first kappa shape index (κ1) is 16.9. The van der Waals surface area contributed by atoms with Crippen LogP contribution in [-0.4, -0.2) is 39.9 Å². The van der Waals surface area contributed by atoms with E-state index in [1.807, 2.05) is 6.92 Å². The van der Waals surface area contributed by atoms with E-state index in [1.54, 1.807) is 24.3 Å². The Bertz CT molecular complexity index is 450. The Kier molecular flexibility index (Phi) is 7.47. The summed E-state index contributed by atoms with van der Waals surface area (Å²) in [6.07, 6.45) is 0.994. The van der Waals surface area contributed by atoms with Crippen LogP contribution in [-0.2, 0) is 16.1 Å². The van der Waals surface area contributed by atoms with Crippen LogP contribution in [0.4, 0.5) is 0 Å². The molecule has 1 rings (SSSR count). The van der Waals surface area contributed by atoms with Crippen molar-refractivity contribution in [1.29, 1.82) is 0 Å². The number of hydrogen-bond donors (Lipinski definition) is 1. The van der Waals surface area contributed by atoms with Crippen LogP contribution in [0.2, 0.25) is 5.02 Å². The summed E-state index contributed by atoms with van der Waals surface area (Å²) >= 11 is 7.33. The second-order valence-corrected chi connectivity index (χ2v) is 5.86. The lowest BCUT2D eigenvalue weighted by Gasteiger charge is -2.20. The molecule has 1 amide bonds. The molecule has 0 aromatic heterocycles. The second kappa shape index (κ2) is 8.87. The number of rotatable bonds is 8. The number of carboxylic acids is 1. The molecule has 0 aliphatic heterocycles. The van der Waals surface area contributed by atoms with E-state index < -0.39 is 5.97 Å². The Morgan fingerprint density at radius 3 is 2.50 bits per heavy atom. The van der Waals surface area contributed by atoms with Crippen LogP contribution < -0.4 is 0 Å². The quantitative estimate of drug-likeness (QED) is 0.749. The summed E-state index contributed by atoms with van der Waals surface area (Å²) in [5, 5.41) is 9.52. The molecule has 6 heteroatoms. The van der Waals surface area contributed by atoms with Crippen LogP contribution in [0.15, 0.2) is 24.3 Å². The number of carbonyl (C=O) groups excluding carboxylic acids is 1. The molecule has 0 aliphatic rings. The Morgan fingerprint density at radius 2 is 1.95 bits per heavy atom. The van der Waals surface area contributed by atoms with Gasteiger partial charge in [0, 0.05) is 11.6 Å². The Morgan fingerprint density at radius 1 is 1.30 bits per heavy atom. The number of nitrogens with zero attached hydrogens (tertiary/aromatic N) is 1. The molecule has 4 nitrogen and oxygen atoms in total. The zero-order valence-corrected chi connectivity index (χ0v) is 12.9. The largest absolute Gasteiger partial charge is 0.480 e. The summed E-state index contributed by atoms with van der Waals surface area (Å²) in [5.41, 5.74) is 0.865. The van der Waals surface area contributed by atoms with Crippen molar-refractivity contribution in [2.75, 3.05) is 18.1 Å². The minimum Gasteiger partial charge on any atom is -0.480 e. The number of carboxylic acid groups (broad SMARTS) is 1. The molecule has 0 spiro atoms. The van der Waals surface area contributed by atoms with Crippen LogP contribution in [0.5, 0.6) is 0 Å². The summed E-state index contributed by atoms with van der Waals surface area (Å²) < 4.78 is 0. The highest BCUT2D eigenvalue weighted by molar-refractivity contribution is 7.99. The van der Waals surface area contributed by atoms with Crippen molar-refractivity contribution in [3.63, 3.8) is 0 Å². The molecule has 1 aromatic rings. The molecule has 0 aliphatic carbocycles. The van der Waals surface area contributed by atoms with Crippen molar-refractivity contribution in [2.24, 2.45) is 0 Å². The van der Waals surface area contributed by atoms with Crippen molar-refractivity contribution in [3.8, 4) is 0 Å². The molecule has 110 valence electrons. The number of carbonyl (C=O) groups is 2. The maximum absolute atomic E-state index is 12.0. The Labute approximate surface area is 128 Å². The Balaban J connectivity index is 2.65. The molecule has 0 unspecified atom stereocenters. The lowest BCUT2D eigenvalue weighted by Crippen LogP contribution is -2.36. The first-order chi connectivity index (χ1) is 9.52. The predicted molar refractivity (Wildman–Crippen MR) is 82.1 cm³/mol. The van der Waals surface area contributed by atoms with E-state index >= 15 is 0 Å². The van der Waals surface area contributed by atoms with Gasteiger partial charge < -0.3 is 10.0 Å². The molecule has 0 bridgehead atoms. The first-order valence-electron chi connectivity index (χ1n) is 6.34. The van der Waals surface area contributed by atoms with Crippen LogP contribution in [0, 0.1) is 0 Å². The Hall–Kier alpha value is -1.20. The third-order valence-corrected chi connectivity index (χ3v) is 3.94. The van der Waals surface area contributed by atoms with Crippen molar-refractivity contribution >= 4 is 35.2 Å². The second-order valence-electron chi connectivity index (χ2n) is 4.32. The molecule has 0 radical (unpaired) electrons. The van der Waals surface area contributed by atoms with Crippen molar-refractivity contribution in [3.05, 3.63) is 34.9 Å². The van der Waals surface area contributed by atoms with Crippen LogP contribution in [0.25, 0.3) is 0 Å². The third-order valence-electron chi connectivity index (χ3n) is 2.54. The maximum Gasteiger partial charge on any atom is 0.323 e. The van der Waals surface area contributed by atoms with Crippen molar-refractivity contribution in [2.45, 2.75) is 19.9 Å². The minimum atomic E-state index is -1.01. The molecule has 0 atom stereocenters. The lowest BCUT2D eigenvalue weighted by molar-refractivity contribution is -0.143. The number of hydrogen-bond acceptors (Lipinski definition) is 3. The number of thioether (sulfide) groups is 1. The number of halogens is 1. The summed E-state index contributed by atoms with van der Waals surface area (Å²) in [6, 6.07) is 7.05. The SMILES string of the molecule is CCCSCC(=O)N(CC(=O)O)Cc1ccc(Cl)cc1. The van der Waals surface area contributed by atoms with Crippen molar-refractivity contribution < 1.29 is 14.7 Å². The molecule has 0 saturated heterocycles. The van der Waals surface area contributed by atoms with Crippen molar-refractivity contribution in [1.82, 2.24) is 4.90 Å². The summed E-state index contributed by atoms with van der Waals surface area (Å²) in [5.74, 6) is 0.0519. The molecule has 1 N–H and O–H groups in total. The van der Waals surface area contributed by atoms with E-state index in [-0.39, 0.29) is 19.0 Å². The fraction of sp³-hybridized carbons (Fsp3) is 0.429. The van der Waals surface area contributed by atoms with Gasteiger partial charge in [-0.1, -0.05) is 30.7 Å². The van der Waals surface area contributed by atoms with Gasteiger partial charge in [0.2, 0.25) is 5.91 Å². The minimum absolute atomic E-state index is 0.152. The predicted octanol–water partition coefficient (Wildman–Crippen LogP) is 2.90.